The van der Waals surface area contributed by atoms with Crippen LogP contribution in [0.25, 0.3) is 0 Å². The molecule has 2 nitrogen and oxygen atoms in total. The van der Waals surface area contributed by atoms with Crippen molar-refractivity contribution in [3.05, 3.63) is 35.4 Å². The van der Waals surface area contributed by atoms with Crippen molar-refractivity contribution in [2.45, 2.75) is 32.6 Å². The average Bonchev–Trinajstić information content (AvgIpc) is 2.40. The normalized spacial score (nSPS) is 20.2. The highest BCUT2D eigenvalue weighted by Gasteiger charge is 2.22. The standard InChI is InChI=1S/C15H20O2/c1-2-4-12-6-8-13(9-7-12)15(16)14-5-3-10-17-11-14/h6-9,14H,2-5,10-11H2,1H3. The first-order chi connectivity index (χ1) is 8.31. The molecule has 92 valence electrons. The molecule has 0 saturated carbocycles. The summed E-state index contributed by atoms with van der Waals surface area (Å²) in [4.78, 5) is 12.2. The van der Waals surface area contributed by atoms with Gasteiger partial charge in [0.15, 0.2) is 5.78 Å². The third kappa shape index (κ3) is 3.16. The van der Waals surface area contributed by atoms with Crippen LogP contribution in [0.3, 0.4) is 0 Å². The minimum atomic E-state index is 0.0702. The Morgan fingerprint density at radius 3 is 2.71 bits per heavy atom. The number of hydrogen-bond acceptors (Lipinski definition) is 2. The van der Waals surface area contributed by atoms with E-state index in [0.717, 1.165) is 37.9 Å². The molecule has 1 unspecified atom stereocenters. The Labute approximate surface area is 103 Å². The van der Waals surface area contributed by atoms with Gasteiger partial charge in [-0.25, -0.2) is 0 Å². The summed E-state index contributed by atoms with van der Waals surface area (Å²) in [6, 6.07) is 8.06. The Kier molecular flexibility index (Phi) is 4.32. The van der Waals surface area contributed by atoms with Gasteiger partial charge in [-0.1, -0.05) is 37.6 Å². The Morgan fingerprint density at radius 1 is 1.35 bits per heavy atom. The predicted octanol–water partition coefficient (Wildman–Crippen LogP) is 3.25. The quantitative estimate of drug-likeness (QED) is 0.745. The van der Waals surface area contributed by atoms with Gasteiger partial charge in [0.2, 0.25) is 0 Å². The van der Waals surface area contributed by atoms with Gasteiger partial charge in [0.1, 0.15) is 0 Å². The summed E-state index contributed by atoms with van der Waals surface area (Å²) < 4.78 is 5.37. The van der Waals surface area contributed by atoms with Crippen molar-refractivity contribution in [1.29, 1.82) is 0 Å². The maximum Gasteiger partial charge on any atom is 0.168 e. The van der Waals surface area contributed by atoms with E-state index >= 15 is 0 Å². The molecule has 17 heavy (non-hydrogen) atoms. The third-order valence-corrected chi connectivity index (χ3v) is 3.31. The van der Waals surface area contributed by atoms with E-state index in [1.807, 2.05) is 12.1 Å². The second kappa shape index (κ2) is 5.97. The number of aryl methyl sites for hydroxylation is 1. The van der Waals surface area contributed by atoms with Crippen LogP contribution in [-0.4, -0.2) is 19.0 Å². The first-order valence-corrected chi connectivity index (χ1v) is 6.52. The Morgan fingerprint density at radius 2 is 2.12 bits per heavy atom. The molecule has 1 aliphatic heterocycles. The summed E-state index contributed by atoms with van der Waals surface area (Å²) in [5.41, 5.74) is 2.14. The topological polar surface area (TPSA) is 26.3 Å². The molecule has 0 radical (unpaired) electrons. The SMILES string of the molecule is CCCc1ccc(C(=O)C2CCCOC2)cc1. The van der Waals surface area contributed by atoms with Crippen LogP contribution in [0.15, 0.2) is 24.3 Å². The van der Waals surface area contributed by atoms with Crippen LogP contribution in [0.4, 0.5) is 0 Å². The van der Waals surface area contributed by atoms with Gasteiger partial charge >= 0.3 is 0 Å². The van der Waals surface area contributed by atoms with Crippen LogP contribution in [-0.2, 0) is 11.2 Å². The lowest BCUT2D eigenvalue weighted by atomic mass is 9.92. The van der Waals surface area contributed by atoms with E-state index in [0.29, 0.717) is 6.61 Å². The molecule has 1 aromatic rings. The highest BCUT2D eigenvalue weighted by molar-refractivity contribution is 5.98. The second-order valence-corrected chi connectivity index (χ2v) is 4.73. The number of rotatable bonds is 4. The average molecular weight is 232 g/mol. The van der Waals surface area contributed by atoms with Crippen molar-refractivity contribution in [2.24, 2.45) is 5.92 Å². The number of benzene rings is 1. The molecule has 0 N–H and O–H groups in total. The Balaban J connectivity index is 2.03. The van der Waals surface area contributed by atoms with Crippen LogP contribution in [0, 0.1) is 5.92 Å². The fourth-order valence-corrected chi connectivity index (χ4v) is 2.31. The van der Waals surface area contributed by atoms with Gasteiger partial charge in [0.05, 0.1) is 6.61 Å². The zero-order valence-corrected chi connectivity index (χ0v) is 10.4. The van der Waals surface area contributed by atoms with Crippen molar-refractivity contribution in [1.82, 2.24) is 0 Å². The molecule has 0 bridgehead atoms. The van der Waals surface area contributed by atoms with Crippen molar-refractivity contribution in [3.8, 4) is 0 Å². The van der Waals surface area contributed by atoms with Gasteiger partial charge < -0.3 is 4.74 Å². The molecule has 1 aliphatic rings. The molecule has 2 rings (SSSR count). The molecule has 1 aromatic carbocycles. The zero-order valence-electron chi connectivity index (χ0n) is 10.4. The van der Waals surface area contributed by atoms with Gasteiger partial charge in [0.25, 0.3) is 0 Å². The number of ketones is 1. The lowest BCUT2D eigenvalue weighted by molar-refractivity contribution is 0.0461. The molecular weight excluding hydrogens is 212 g/mol. The molecule has 0 spiro atoms. The fourth-order valence-electron chi connectivity index (χ4n) is 2.31. The monoisotopic (exact) mass is 232 g/mol. The van der Waals surface area contributed by atoms with Crippen LogP contribution >= 0.6 is 0 Å². The van der Waals surface area contributed by atoms with E-state index in [9.17, 15) is 4.79 Å². The lowest BCUT2D eigenvalue weighted by Crippen LogP contribution is -2.25. The number of carbonyl (C=O) groups is 1. The third-order valence-electron chi connectivity index (χ3n) is 3.31. The number of Topliss-reactive ketones (excluding diaryl/α,β-unsaturated/α-hetero) is 1. The molecule has 0 amide bonds. The highest BCUT2D eigenvalue weighted by Crippen LogP contribution is 2.19. The summed E-state index contributed by atoms with van der Waals surface area (Å²) in [6.07, 6.45) is 4.20. The van der Waals surface area contributed by atoms with Crippen molar-refractivity contribution >= 4 is 5.78 Å². The maximum absolute atomic E-state index is 12.2. The number of ether oxygens (including phenoxy) is 1. The van der Waals surface area contributed by atoms with Crippen molar-refractivity contribution < 1.29 is 9.53 Å². The minimum Gasteiger partial charge on any atom is -0.381 e. The van der Waals surface area contributed by atoms with Crippen LogP contribution in [0.1, 0.15) is 42.1 Å². The zero-order chi connectivity index (χ0) is 12.1. The van der Waals surface area contributed by atoms with E-state index in [1.165, 1.54) is 5.56 Å². The highest BCUT2D eigenvalue weighted by atomic mass is 16.5. The molecule has 0 aliphatic carbocycles. The summed E-state index contributed by atoms with van der Waals surface area (Å²) >= 11 is 0. The molecule has 2 heteroatoms. The summed E-state index contributed by atoms with van der Waals surface area (Å²) in [7, 11) is 0. The fraction of sp³-hybridized carbons (Fsp3) is 0.533. The maximum atomic E-state index is 12.2. The number of carbonyl (C=O) groups excluding carboxylic acids is 1. The van der Waals surface area contributed by atoms with Gasteiger partial charge in [-0.3, -0.25) is 4.79 Å². The second-order valence-electron chi connectivity index (χ2n) is 4.73. The molecule has 1 saturated heterocycles. The predicted molar refractivity (Wildman–Crippen MR) is 68.3 cm³/mol. The van der Waals surface area contributed by atoms with Crippen LogP contribution in [0.5, 0.6) is 0 Å². The summed E-state index contributed by atoms with van der Waals surface area (Å²) in [6.45, 7) is 3.56. The first-order valence-electron chi connectivity index (χ1n) is 6.52. The van der Waals surface area contributed by atoms with E-state index in [-0.39, 0.29) is 11.7 Å². The largest absolute Gasteiger partial charge is 0.381 e. The van der Waals surface area contributed by atoms with E-state index in [1.54, 1.807) is 0 Å². The first kappa shape index (κ1) is 12.3. The molecular formula is C15H20O2. The van der Waals surface area contributed by atoms with Crippen molar-refractivity contribution in [3.63, 3.8) is 0 Å². The molecule has 1 fully saturated rings. The van der Waals surface area contributed by atoms with Gasteiger partial charge in [0, 0.05) is 18.1 Å². The van der Waals surface area contributed by atoms with Crippen LogP contribution in [0.2, 0.25) is 0 Å². The van der Waals surface area contributed by atoms with Gasteiger partial charge in [-0.15, -0.1) is 0 Å². The number of hydrogen-bond donors (Lipinski definition) is 0. The Bertz CT molecular complexity index is 361. The van der Waals surface area contributed by atoms with Gasteiger partial charge in [-0.2, -0.15) is 0 Å². The van der Waals surface area contributed by atoms with E-state index in [2.05, 4.69) is 19.1 Å². The van der Waals surface area contributed by atoms with Crippen LogP contribution < -0.4 is 0 Å². The molecule has 1 heterocycles. The summed E-state index contributed by atoms with van der Waals surface area (Å²) in [5, 5.41) is 0. The summed E-state index contributed by atoms with van der Waals surface area (Å²) in [5.74, 6) is 0.313. The molecule has 1 atom stereocenters. The smallest absolute Gasteiger partial charge is 0.168 e. The van der Waals surface area contributed by atoms with E-state index < -0.39 is 0 Å². The van der Waals surface area contributed by atoms with Crippen molar-refractivity contribution in [2.75, 3.05) is 13.2 Å². The Hall–Kier alpha value is -1.15. The molecule has 0 aromatic heterocycles. The van der Waals surface area contributed by atoms with Gasteiger partial charge in [-0.05, 0) is 24.8 Å². The minimum absolute atomic E-state index is 0.0702. The lowest BCUT2D eigenvalue weighted by Gasteiger charge is -2.20. The van der Waals surface area contributed by atoms with E-state index in [4.69, 9.17) is 4.74 Å².